The van der Waals surface area contributed by atoms with Gasteiger partial charge in [-0.15, -0.1) is 22.7 Å². The number of rotatable bonds is 6. The Kier molecular flexibility index (Phi) is 6.18. The molecule has 6 heteroatoms. The molecule has 0 bridgehead atoms. The molecule has 186 valence electrons. The van der Waals surface area contributed by atoms with Crippen LogP contribution in [-0.4, -0.2) is 13.7 Å². The number of hydrogen-bond donors (Lipinski definition) is 2. The van der Waals surface area contributed by atoms with Crippen molar-refractivity contribution in [2.45, 2.75) is 39.5 Å². The smallest absolute Gasteiger partial charge is 0.322 e. The molecule has 0 radical (unpaired) electrons. The molecule has 0 spiro atoms. The van der Waals surface area contributed by atoms with E-state index >= 15 is 0 Å². The van der Waals surface area contributed by atoms with E-state index in [1.165, 1.54) is 76.7 Å². The summed E-state index contributed by atoms with van der Waals surface area (Å²) in [5.41, 5.74) is 10.6. The quantitative estimate of drug-likeness (QED) is 0.260. The summed E-state index contributed by atoms with van der Waals surface area (Å²) in [6.07, 6.45) is 4.60. The van der Waals surface area contributed by atoms with Gasteiger partial charge in [-0.25, -0.2) is 0 Å². The van der Waals surface area contributed by atoms with Crippen LogP contribution in [0.15, 0.2) is 84.9 Å². The van der Waals surface area contributed by atoms with E-state index < -0.39 is 0 Å². The Morgan fingerprint density at radius 2 is 1.00 bits per heavy atom. The van der Waals surface area contributed by atoms with Gasteiger partial charge in [-0.1, -0.05) is 110 Å². The van der Waals surface area contributed by atoms with Gasteiger partial charge in [0.2, 0.25) is 0 Å². The van der Waals surface area contributed by atoms with Crippen molar-refractivity contribution in [3.8, 4) is 20.9 Å². The summed E-state index contributed by atoms with van der Waals surface area (Å²) in [7, 11) is 0. The van der Waals surface area contributed by atoms with Crippen molar-refractivity contribution in [3.63, 3.8) is 0 Å². The summed E-state index contributed by atoms with van der Waals surface area (Å²) in [5.74, 6) is 0. The van der Waals surface area contributed by atoms with Gasteiger partial charge in [-0.05, 0) is 35.9 Å². The topological polar surface area (TPSA) is 24.1 Å². The maximum atomic E-state index is 3.96. The predicted octanol–water partition coefficient (Wildman–Crippen LogP) is 6.11. The molecule has 0 unspecified atom stereocenters. The molecule has 0 saturated carbocycles. The van der Waals surface area contributed by atoms with Crippen LogP contribution in [0.1, 0.15) is 36.4 Å². The molecule has 5 aromatic rings. The van der Waals surface area contributed by atoms with Crippen LogP contribution >= 0.6 is 22.7 Å². The summed E-state index contributed by atoms with van der Waals surface area (Å²) >= 11 is 3.96. The van der Waals surface area contributed by atoms with Gasteiger partial charge < -0.3 is 10.5 Å². The first-order valence-corrected chi connectivity index (χ1v) is 15.4. The average molecular weight is 528 g/mol. The molecule has 38 heavy (non-hydrogen) atoms. The lowest BCUT2D eigenvalue weighted by Crippen LogP contribution is -2.52. The lowest BCUT2D eigenvalue weighted by molar-refractivity contribution is 0.940. The highest BCUT2D eigenvalue weighted by Crippen LogP contribution is 2.45. The molecule has 2 aliphatic rings. The summed E-state index contributed by atoms with van der Waals surface area (Å²) in [6.45, 7) is 4.89. The van der Waals surface area contributed by atoms with E-state index in [1.807, 2.05) is 22.7 Å². The zero-order valence-corrected chi connectivity index (χ0v) is 23.5. The molecule has 7 rings (SSSR count). The second-order valence-corrected chi connectivity index (χ2v) is 12.7. The highest BCUT2D eigenvalue weighted by atomic mass is 32.1. The van der Waals surface area contributed by atoms with Crippen molar-refractivity contribution in [2.75, 3.05) is 10.5 Å². The third-order valence-corrected chi connectivity index (χ3v) is 10.2. The zero-order chi connectivity index (χ0) is 25.6. The van der Waals surface area contributed by atoms with Crippen molar-refractivity contribution in [1.29, 1.82) is 0 Å². The average Bonchev–Trinajstić information content (AvgIpc) is 3.57. The molecule has 4 heterocycles. The standard InChI is InChI=1S/C32H30B2N2S2/c1-3-11-23-17-27-31(37-23)25-19-30-26(20-29(25)35-33(27)21-13-7-5-8-14-21)32-28(18-24(38-32)12-4-2)34(36-30)22-15-9-6-10-16-22/h5-10,13-20,35-36H,3-4,11-12H2,1-2H3. The monoisotopic (exact) mass is 528 g/mol. The van der Waals surface area contributed by atoms with Crippen molar-refractivity contribution in [3.05, 3.63) is 94.7 Å². The van der Waals surface area contributed by atoms with Gasteiger partial charge in [-0.2, -0.15) is 0 Å². The van der Waals surface area contributed by atoms with E-state index in [0.29, 0.717) is 0 Å². The molecule has 2 N–H and O–H groups in total. The first-order chi connectivity index (χ1) is 18.7. The molecular weight excluding hydrogens is 498 g/mol. The molecule has 0 atom stereocenters. The lowest BCUT2D eigenvalue weighted by Gasteiger charge is -2.30. The normalized spacial score (nSPS) is 13.2. The van der Waals surface area contributed by atoms with Gasteiger partial charge in [0.15, 0.2) is 0 Å². The molecule has 0 saturated heterocycles. The van der Waals surface area contributed by atoms with E-state index in [4.69, 9.17) is 0 Å². The predicted molar refractivity (Wildman–Crippen MR) is 171 cm³/mol. The highest BCUT2D eigenvalue weighted by molar-refractivity contribution is 7.19. The Hall–Kier alpha value is -3.21. The summed E-state index contributed by atoms with van der Waals surface area (Å²) < 4.78 is 0. The van der Waals surface area contributed by atoms with Gasteiger partial charge in [-0.3, -0.25) is 0 Å². The molecule has 3 aromatic carbocycles. The SMILES string of the molecule is CCCc1cc2c(s1)-c1cc3c(cc1NB2c1ccccc1)-c1sc(CCC)cc1B(c1ccccc1)N3. The Labute approximate surface area is 234 Å². The summed E-state index contributed by atoms with van der Waals surface area (Å²) in [5, 5.41) is 7.93. The van der Waals surface area contributed by atoms with Crippen LogP contribution in [0.25, 0.3) is 20.9 Å². The van der Waals surface area contributed by atoms with Crippen molar-refractivity contribution >= 4 is 69.6 Å². The fourth-order valence-electron chi connectivity index (χ4n) is 6.00. The van der Waals surface area contributed by atoms with Crippen LogP contribution in [0.5, 0.6) is 0 Å². The molecule has 0 amide bonds. The lowest BCUT2D eigenvalue weighted by atomic mass is 9.48. The Morgan fingerprint density at radius 1 is 0.579 bits per heavy atom. The third kappa shape index (κ3) is 4.02. The van der Waals surface area contributed by atoms with Crippen LogP contribution in [0.3, 0.4) is 0 Å². The van der Waals surface area contributed by atoms with Crippen LogP contribution in [0.2, 0.25) is 0 Å². The fraction of sp³-hybridized carbons (Fsp3) is 0.188. The molecule has 0 aliphatic carbocycles. The van der Waals surface area contributed by atoms with Gasteiger partial charge in [0, 0.05) is 42.0 Å². The van der Waals surface area contributed by atoms with Crippen LogP contribution < -0.4 is 32.3 Å². The molecule has 2 aliphatic heterocycles. The number of benzene rings is 3. The van der Waals surface area contributed by atoms with E-state index in [2.05, 4.69) is 109 Å². The molecule has 2 aromatic heterocycles. The van der Waals surface area contributed by atoms with Crippen molar-refractivity contribution in [2.24, 2.45) is 0 Å². The first kappa shape index (κ1) is 23.9. The van der Waals surface area contributed by atoms with Gasteiger partial charge in [0.25, 0.3) is 0 Å². The third-order valence-electron chi connectivity index (χ3n) is 7.75. The Morgan fingerprint density at radius 3 is 1.39 bits per heavy atom. The van der Waals surface area contributed by atoms with Crippen LogP contribution in [0, 0.1) is 0 Å². The number of anilines is 2. The Bertz CT molecular complexity index is 1490. The number of nitrogens with one attached hydrogen (secondary N) is 2. The number of thiophene rings is 2. The van der Waals surface area contributed by atoms with Gasteiger partial charge in [0.1, 0.15) is 0 Å². The zero-order valence-electron chi connectivity index (χ0n) is 21.9. The molecule has 2 nitrogen and oxygen atoms in total. The Balaban J connectivity index is 1.40. The van der Waals surface area contributed by atoms with Crippen molar-refractivity contribution in [1.82, 2.24) is 0 Å². The minimum absolute atomic E-state index is 0.172. The minimum atomic E-state index is 0.172. The first-order valence-electron chi connectivity index (χ1n) is 13.8. The maximum Gasteiger partial charge on any atom is 0.322 e. The number of fused-ring (bicyclic) bond motifs is 6. The summed E-state index contributed by atoms with van der Waals surface area (Å²) in [6, 6.07) is 31.6. The van der Waals surface area contributed by atoms with E-state index in [1.54, 1.807) is 0 Å². The van der Waals surface area contributed by atoms with Crippen LogP contribution in [-0.2, 0) is 12.8 Å². The fourth-order valence-corrected chi connectivity index (χ4v) is 8.66. The largest absolute Gasteiger partial charge is 0.420 e. The van der Waals surface area contributed by atoms with Gasteiger partial charge >= 0.3 is 13.7 Å². The van der Waals surface area contributed by atoms with Gasteiger partial charge in [0.05, 0.1) is 0 Å². The van der Waals surface area contributed by atoms with E-state index in [0.717, 1.165) is 12.8 Å². The van der Waals surface area contributed by atoms with E-state index in [-0.39, 0.29) is 13.7 Å². The number of hydrogen-bond acceptors (Lipinski definition) is 4. The van der Waals surface area contributed by atoms with Crippen LogP contribution in [0.4, 0.5) is 11.4 Å². The second kappa shape index (κ2) is 9.83. The minimum Gasteiger partial charge on any atom is -0.420 e. The molecule has 0 fully saturated rings. The highest BCUT2D eigenvalue weighted by Gasteiger charge is 2.36. The maximum absolute atomic E-state index is 3.96. The van der Waals surface area contributed by atoms with E-state index in [9.17, 15) is 0 Å². The second-order valence-electron chi connectivity index (χ2n) is 10.4. The number of aryl methyl sites for hydroxylation is 2. The molecular formula is C32H30B2N2S2. The van der Waals surface area contributed by atoms with Crippen molar-refractivity contribution < 1.29 is 0 Å². The summed E-state index contributed by atoms with van der Waals surface area (Å²) in [4.78, 5) is 5.79.